The third kappa shape index (κ3) is 4.03. The van der Waals surface area contributed by atoms with Gasteiger partial charge in [0.05, 0.1) is 13.2 Å². The summed E-state index contributed by atoms with van der Waals surface area (Å²) in [4.78, 5) is 13.6. The number of amides is 2. The molecule has 0 aromatic heterocycles. The quantitative estimate of drug-likeness (QED) is 0.805. The van der Waals surface area contributed by atoms with Crippen molar-refractivity contribution in [3.8, 4) is 11.5 Å². The maximum absolute atomic E-state index is 11.9. The van der Waals surface area contributed by atoms with E-state index in [4.69, 9.17) is 14.6 Å². The van der Waals surface area contributed by atoms with Gasteiger partial charge in [0.15, 0.2) is 6.23 Å². The summed E-state index contributed by atoms with van der Waals surface area (Å²) in [5.41, 5.74) is 0. The normalized spacial score (nSPS) is 16.8. The molecule has 6 nitrogen and oxygen atoms in total. The monoisotopic (exact) mass is 266 g/mol. The number of phenolic OH excluding ortho intramolecular Hbond substituents is 1. The SMILES string of the molecule is CC(NC(=O)N1CCOCC1)Oc1ccc(O)cc1. The highest BCUT2D eigenvalue weighted by Crippen LogP contribution is 2.16. The minimum absolute atomic E-state index is 0.158. The van der Waals surface area contributed by atoms with Crippen LogP contribution >= 0.6 is 0 Å². The molecule has 2 N–H and O–H groups in total. The van der Waals surface area contributed by atoms with Crippen LogP contribution in [0.4, 0.5) is 4.79 Å². The van der Waals surface area contributed by atoms with Gasteiger partial charge in [-0.15, -0.1) is 0 Å². The van der Waals surface area contributed by atoms with Gasteiger partial charge in [-0.2, -0.15) is 0 Å². The smallest absolute Gasteiger partial charge is 0.320 e. The zero-order valence-electron chi connectivity index (χ0n) is 10.8. The van der Waals surface area contributed by atoms with Crippen LogP contribution in [0.15, 0.2) is 24.3 Å². The fourth-order valence-electron chi connectivity index (χ4n) is 1.79. The van der Waals surface area contributed by atoms with Crippen molar-refractivity contribution in [3.63, 3.8) is 0 Å². The fourth-order valence-corrected chi connectivity index (χ4v) is 1.79. The van der Waals surface area contributed by atoms with Crippen LogP contribution in [0.3, 0.4) is 0 Å². The van der Waals surface area contributed by atoms with Gasteiger partial charge in [0.2, 0.25) is 0 Å². The highest BCUT2D eigenvalue weighted by Gasteiger charge is 2.18. The van der Waals surface area contributed by atoms with Crippen LogP contribution in [-0.4, -0.2) is 48.6 Å². The topological polar surface area (TPSA) is 71.0 Å². The highest BCUT2D eigenvalue weighted by molar-refractivity contribution is 5.74. The van der Waals surface area contributed by atoms with E-state index in [-0.39, 0.29) is 11.8 Å². The van der Waals surface area contributed by atoms with E-state index in [0.29, 0.717) is 32.1 Å². The number of urea groups is 1. The molecule has 1 fully saturated rings. The molecule has 0 bridgehead atoms. The first-order chi connectivity index (χ1) is 9.15. The summed E-state index contributed by atoms with van der Waals surface area (Å²) in [6.07, 6.45) is -0.445. The molecule has 2 rings (SSSR count). The first-order valence-corrected chi connectivity index (χ1v) is 6.24. The van der Waals surface area contributed by atoms with Gasteiger partial charge in [-0.1, -0.05) is 0 Å². The number of rotatable bonds is 3. The minimum Gasteiger partial charge on any atom is -0.508 e. The van der Waals surface area contributed by atoms with Gasteiger partial charge < -0.3 is 24.8 Å². The average Bonchev–Trinajstić information content (AvgIpc) is 2.42. The van der Waals surface area contributed by atoms with Crippen molar-refractivity contribution >= 4 is 6.03 Å². The molecular formula is C13H18N2O4. The zero-order valence-corrected chi connectivity index (χ0v) is 10.8. The summed E-state index contributed by atoms with van der Waals surface area (Å²) < 4.78 is 10.7. The van der Waals surface area contributed by atoms with E-state index in [1.807, 2.05) is 0 Å². The summed E-state index contributed by atoms with van der Waals surface area (Å²) in [6.45, 7) is 4.09. The molecule has 1 aromatic rings. The lowest BCUT2D eigenvalue weighted by Crippen LogP contribution is -2.49. The number of carbonyl (C=O) groups is 1. The summed E-state index contributed by atoms with van der Waals surface area (Å²) >= 11 is 0. The van der Waals surface area contributed by atoms with Crippen molar-refractivity contribution in [1.29, 1.82) is 0 Å². The lowest BCUT2D eigenvalue weighted by molar-refractivity contribution is 0.0493. The summed E-state index contributed by atoms with van der Waals surface area (Å²) in [7, 11) is 0. The second kappa shape index (κ2) is 6.29. The van der Waals surface area contributed by atoms with Gasteiger partial charge in [-0.05, 0) is 31.2 Å². The number of morpholine rings is 1. The van der Waals surface area contributed by atoms with Crippen molar-refractivity contribution in [2.24, 2.45) is 0 Å². The molecule has 1 aromatic carbocycles. The van der Waals surface area contributed by atoms with Crippen LogP contribution in [-0.2, 0) is 4.74 Å². The van der Waals surface area contributed by atoms with Crippen LogP contribution < -0.4 is 10.1 Å². The van der Waals surface area contributed by atoms with Gasteiger partial charge >= 0.3 is 6.03 Å². The van der Waals surface area contributed by atoms with Crippen LogP contribution in [0.25, 0.3) is 0 Å². The predicted molar refractivity (Wildman–Crippen MR) is 69.1 cm³/mol. The molecule has 1 unspecified atom stereocenters. The molecule has 2 amide bonds. The number of hydrogen-bond acceptors (Lipinski definition) is 4. The predicted octanol–water partition coefficient (Wildman–Crippen LogP) is 1.16. The number of nitrogens with zero attached hydrogens (tertiary/aromatic N) is 1. The zero-order chi connectivity index (χ0) is 13.7. The van der Waals surface area contributed by atoms with Gasteiger partial charge in [-0.25, -0.2) is 4.79 Å². The van der Waals surface area contributed by atoms with Gasteiger partial charge in [0.25, 0.3) is 0 Å². The number of nitrogens with one attached hydrogen (secondary N) is 1. The van der Waals surface area contributed by atoms with E-state index in [9.17, 15) is 4.79 Å². The average molecular weight is 266 g/mol. The van der Waals surface area contributed by atoms with Crippen molar-refractivity contribution in [3.05, 3.63) is 24.3 Å². The third-order valence-corrected chi connectivity index (χ3v) is 2.77. The number of aromatic hydroxyl groups is 1. The molecule has 6 heteroatoms. The third-order valence-electron chi connectivity index (χ3n) is 2.77. The molecular weight excluding hydrogens is 248 g/mol. The minimum atomic E-state index is -0.445. The molecule has 0 spiro atoms. The fraction of sp³-hybridized carbons (Fsp3) is 0.462. The molecule has 104 valence electrons. The number of hydrogen-bond donors (Lipinski definition) is 2. The number of carbonyl (C=O) groups excluding carboxylic acids is 1. The Morgan fingerprint density at radius 1 is 1.37 bits per heavy atom. The molecule has 1 aliphatic heterocycles. The number of phenols is 1. The lowest BCUT2D eigenvalue weighted by atomic mass is 10.3. The van der Waals surface area contributed by atoms with Gasteiger partial charge in [0.1, 0.15) is 11.5 Å². The molecule has 0 radical (unpaired) electrons. The number of ether oxygens (including phenoxy) is 2. The molecule has 19 heavy (non-hydrogen) atoms. The summed E-state index contributed by atoms with van der Waals surface area (Å²) in [5.74, 6) is 0.768. The molecule has 1 aliphatic rings. The van der Waals surface area contributed by atoms with Crippen LogP contribution in [0.1, 0.15) is 6.92 Å². The van der Waals surface area contributed by atoms with Crippen LogP contribution in [0, 0.1) is 0 Å². The van der Waals surface area contributed by atoms with Crippen molar-refractivity contribution in [2.45, 2.75) is 13.2 Å². The second-order valence-electron chi connectivity index (χ2n) is 4.30. The Hall–Kier alpha value is -1.95. The Balaban J connectivity index is 1.81. The van der Waals surface area contributed by atoms with Crippen molar-refractivity contribution < 1.29 is 19.4 Å². The molecule has 0 aliphatic carbocycles. The van der Waals surface area contributed by atoms with Gasteiger partial charge in [0, 0.05) is 13.1 Å². The first-order valence-electron chi connectivity index (χ1n) is 6.24. The van der Waals surface area contributed by atoms with E-state index < -0.39 is 6.23 Å². The molecule has 1 atom stereocenters. The van der Waals surface area contributed by atoms with E-state index in [0.717, 1.165) is 0 Å². The Morgan fingerprint density at radius 2 is 2.00 bits per heavy atom. The van der Waals surface area contributed by atoms with Crippen molar-refractivity contribution in [1.82, 2.24) is 10.2 Å². The second-order valence-corrected chi connectivity index (χ2v) is 4.30. The lowest BCUT2D eigenvalue weighted by Gasteiger charge is -2.28. The maximum Gasteiger partial charge on any atom is 0.320 e. The standard InChI is InChI=1S/C13H18N2O4/c1-10(19-12-4-2-11(16)3-5-12)14-13(17)15-6-8-18-9-7-15/h2-5,10,16H,6-9H2,1H3,(H,14,17). The first kappa shape index (κ1) is 13.5. The molecule has 0 saturated carbocycles. The Labute approximate surface area is 111 Å². The van der Waals surface area contributed by atoms with Crippen molar-refractivity contribution in [2.75, 3.05) is 26.3 Å². The summed E-state index contributed by atoms with van der Waals surface area (Å²) in [6, 6.07) is 6.20. The Bertz CT molecular complexity index is 415. The van der Waals surface area contributed by atoms with E-state index in [1.54, 1.807) is 24.0 Å². The van der Waals surface area contributed by atoms with Crippen LogP contribution in [0.5, 0.6) is 11.5 Å². The maximum atomic E-state index is 11.9. The van der Waals surface area contributed by atoms with E-state index in [1.165, 1.54) is 12.1 Å². The Morgan fingerprint density at radius 3 is 2.63 bits per heavy atom. The highest BCUT2D eigenvalue weighted by atomic mass is 16.5. The van der Waals surface area contributed by atoms with E-state index in [2.05, 4.69) is 5.32 Å². The van der Waals surface area contributed by atoms with Gasteiger partial charge in [-0.3, -0.25) is 0 Å². The van der Waals surface area contributed by atoms with Crippen LogP contribution in [0.2, 0.25) is 0 Å². The Kier molecular flexibility index (Phi) is 4.46. The van der Waals surface area contributed by atoms with E-state index >= 15 is 0 Å². The molecule has 1 saturated heterocycles. The number of benzene rings is 1. The largest absolute Gasteiger partial charge is 0.508 e. The summed E-state index contributed by atoms with van der Waals surface area (Å²) in [5, 5.41) is 11.9. The molecule has 1 heterocycles.